The Morgan fingerprint density at radius 1 is 1.38 bits per heavy atom. The Balaban J connectivity index is 1.83. The first kappa shape index (κ1) is 14.3. The van der Waals surface area contributed by atoms with Gasteiger partial charge in [0.15, 0.2) is 0 Å². The van der Waals surface area contributed by atoms with E-state index in [1.807, 2.05) is 6.92 Å². The molecule has 4 nitrogen and oxygen atoms in total. The van der Waals surface area contributed by atoms with Crippen LogP contribution in [0.1, 0.15) is 17.3 Å². The molecule has 2 aliphatic heterocycles. The molecule has 21 heavy (non-hydrogen) atoms. The molecule has 2 aliphatic rings. The molecule has 6 heteroatoms. The van der Waals surface area contributed by atoms with Crippen molar-refractivity contribution in [3.8, 4) is 5.75 Å². The summed E-state index contributed by atoms with van der Waals surface area (Å²) in [6, 6.07) is 6.30. The molecule has 114 valence electrons. The van der Waals surface area contributed by atoms with E-state index in [1.165, 1.54) is 6.07 Å². The van der Waals surface area contributed by atoms with Crippen LogP contribution in [0.25, 0.3) is 0 Å². The van der Waals surface area contributed by atoms with Crippen LogP contribution in [-0.4, -0.2) is 43.1 Å². The second-order valence-corrected chi connectivity index (χ2v) is 5.65. The zero-order valence-electron chi connectivity index (χ0n) is 11.8. The van der Waals surface area contributed by atoms with Gasteiger partial charge in [-0.2, -0.15) is 8.78 Å². The first-order chi connectivity index (χ1) is 10.1. The molecule has 1 amide bonds. The topological polar surface area (TPSA) is 41.6 Å². The summed E-state index contributed by atoms with van der Waals surface area (Å²) in [5.74, 6) is 0.609. The fraction of sp³-hybridized carbons (Fsp3) is 0.533. The number of rotatable bonds is 3. The molecule has 1 aromatic carbocycles. The van der Waals surface area contributed by atoms with E-state index in [0.717, 1.165) is 13.1 Å². The predicted octanol–water partition coefficient (Wildman–Crippen LogP) is 1.97. The highest BCUT2D eigenvalue weighted by atomic mass is 19.3. The van der Waals surface area contributed by atoms with Crippen LogP contribution in [-0.2, 0) is 0 Å². The summed E-state index contributed by atoms with van der Waals surface area (Å²) in [4.78, 5) is 14.5. The maximum absolute atomic E-state index is 12.7. The molecule has 0 radical (unpaired) electrons. The number of amides is 1. The molecule has 0 bridgehead atoms. The van der Waals surface area contributed by atoms with Crippen molar-refractivity contribution in [3.63, 3.8) is 0 Å². The minimum atomic E-state index is -2.93. The van der Waals surface area contributed by atoms with E-state index in [1.54, 1.807) is 23.1 Å². The van der Waals surface area contributed by atoms with Gasteiger partial charge in [-0.3, -0.25) is 4.79 Å². The number of fused-ring (bicyclic) bond motifs is 1. The van der Waals surface area contributed by atoms with Gasteiger partial charge in [0, 0.05) is 25.7 Å². The summed E-state index contributed by atoms with van der Waals surface area (Å²) in [5, 5.41) is 3.33. The molecule has 0 aliphatic carbocycles. The van der Waals surface area contributed by atoms with Gasteiger partial charge in [-0.05, 0) is 30.9 Å². The number of alkyl halides is 2. The fourth-order valence-corrected chi connectivity index (χ4v) is 3.43. The molecule has 3 unspecified atom stereocenters. The van der Waals surface area contributed by atoms with Crippen molar-refractivity contribution in [2.45, 2.75) is 19.6 Å². The van der Waals surface area contributed by atoms with Gasteiger partial charge in [-0.15, -0.1) is 0 Å². The van der Waals surface area contributed by atoms with Crippen molar-refractivity contribution in [1.82, 2.24) is 10.2 Å². The standard InChI is InChI=1S/C15H18F2N2O2/c1-9-12-7-18-6-10(12)8-19(9)14(20)11-4-2-3-5-13(11)21-15(16)17/h2-5,9-10,12,15,18H,6-8H2,1H3. The van der Waals surface area contributed by atoms with Crippen molar-refractivity contribution >= 4 is 5.91 Å². The minimum absolute atomic E-state index is 0.0557. The second-order valence-electron chi connectivity index (χ2n) is 5.65. The Morgan fingerprint density at radius 2 is 2.14 bits per heavy atom. The number of hydrogen-bond acceptors (Lipinski definition) is 3. The summed E-state index contributed by atoms with van der Waals surface area (Å²) in [7, 11) is 0. The fourth-order valence-electron chi connectivity index (χ4n) is 3.43. The van der Waals surface area contributed by atoms with Gasteiger partial charge >= 0.3 is 6.61 Å². The van der Waals surface area contributed by atoms with E-state index in [9.17, 15) is 13.6 Å². The number of hydrogen-bond donors (Lipinski definition) is 1. The number of nitrogens with one attached hydrogen (secondary N) is 1. The van der Waals surface area contributed by atoms with E-state index >= 15 is 0 Å². The maximum Gasteiger partial charge on any atom is 0.387 e. The number of carbonyl (C=O) groups excluding carboxylic acids is 1. The molecule has 3 rings (SSSR count). The first-order valence-electron chi connectivity index (χ1n) is 7.13. The Morgan fingerprint density at radius 3 is 2.86 bits per heavy atom. The van der Waals surface area contributed by atoms with Crippen molar-refractivity contribution in [3.05, 3.63) is 29.8 Å². The first-order valence-corrected chi connectivity index (χ1v) is 7.13. The number of para-hydroxylation sites is 1. The predicted molar refractivity (Wildman–Crippen MR) is 73.4 cm³/mol. The molecular weight excluding hydrogens is 278 g/mol. The van der Waals surface area contributed by atoms with E-state index in [0.29, 0.717) is 18.4 Å². The highest BCUT2D eigenvalue weighted by molar-refractivity contribution is 5.97. The van der Waals surface area contributed by atoms with Gasteiger partial charge in [0.25, 0.3) is 5.91 Å². The summed E-state index contributed by atoms with van der Waals surface area (Å²) in [6.45, 7) is 1.57. The van der Waals surface area contributed by atoms with Gasteiger partial charge in [0.2, 0.25) is 0 Å². The quantitative estimate of drug-likeness (QED) is 0.927. The van der Waals surface area contributed by atoms with Crippen LogP contribution in [0.5, 0.6) is 5.75 Å². The third-order valence-corrected chi connectivity index (χ3v) is 4.53. The van der Waals surface area contributed by atoms with Gasteiger partial charge in [0.05, 0.1) is 5.56 Å². The monoisotopic (exact) mass is 296 g/mol. The summed E-state index contributed by atoms with van der Waals surface area (Å²) in [5.41, 5.74) is 0.206. The number of ether oxygens (including phenoxy) is 1. The summed E-state index contributed by atoms with van der Waals surface area (Å²) in [6.07, 6.45) is 0. The Kier molecular flexibility index (Phi) is 3.80. The zero-order valence-corrected chi connectivity index (χ0v) is 11.8. The Labute approximate surface area is 122 Å². The van der Waals surface area contributed by atoms with E-state index < -0.39 is 6.61 Å². The highest BCUT2D eigenvalue weighted by Crippen LogP contribution is 2.34. The van der Waals surface area contributed by atoms with Crippen molar-refractivity contribution in [2.24, 2.45) is 11.8 Å². The van der Waals surface area contributed by atoms with Crippen LogP contribution in [0.15, 0.2) is 24.3 Å². The Hall–Kier alpha value is -1.69. The van der Waals surface area contributed by atoms with E-state index in [-0.39, 0.29) is 23.3 Å². The summed E-state index contributed by atoms with van der Waals surface area (Å²) < 4.78 is 29.4. The molecule has 0 saturated carbocycles. The summed E-state index contributed by atoms with van der Waals surface area (Å²) >= 11 is 0. The maximum atomic E-state index is 12.7. The highest BCUT2D eigenvalue weighted by Gasteiger charge is 2.44. The molecule has 1 N–H and O–H groups in total. The van der Waals surface area contributed by atoms with Crippen LogP contribution >= 0.6 is 0 Å². The van der Waals surface area contributed by atoms with E-state index in [4.69, 9.17) is 0 Å². The van der Waals surface area contributed by atoms with Crippen LogP contribution < -0.4 is 10.1 Å². The molecule has 1 aromatic rings. The van der Waals surface area contributed by atoms with Crippen molar-refractivity contribution in [1.29, 1.82) is 0 Å². The van der Waals surface area contributed by atoms with Gasteiger partial charge in [-0.1, -0.05) is 12.1 Å². The molecule has 2 saturated heterocycles. The smallest absolute Gasteiger partial charge is 0.387 e. The molecule has 0 aromatic heterocycles. The Bertz CT molecular complexity index is 538. The average molecular weight is 296 g/mol. The zero-order chi connectivity index (χ0) is 15.0. The molecule has 0 spiro atoms. The normalized spacial score (nSPS) is 28.0. The lowest BCUT2D eigenvalue weighted by atomic mass is 9.95. The third-order valence-electron chi connectivity index (χ3n) is 4.53. The lowest BCUT2D eigenvalue weighted by Gasteiger charge is -2.25. The number of benzene rings is 1. The number of halogens is 2. The van der Waals surface area contributed by atoms with Crippen LogP contribution in [0, 0.1) is 11.8 Å². The SMILES string of the molecule is CC1C2CNCC2CN1C(=O)c1ccccc1OC(F)F. The van der Waals surface area contributed by atoms with Gasteiger partial charge in [0.1, 0.15) is 5.75 Å². The molecule has 3 atom stereocenters. The van der Waals surface area contributed by atoms with Gasteiger partial charge in [-0.25, -0.2) is 0 Å². The second kappa shape index (κ2) is 5.60. The molecule has 2 heterocycles. The number of carbonyl (C=O) groups is 1. The molecular formula is C15H18F2N2O2. The lowest BCUT2D eigenvalue weighted by molar-refractivity contribution is -0.0502. The largest absolute Gasteiger partial charge is 0.434 e. The molecule has 2 fully saturated rings. The van der Waals surface area contributed by atoms with Gasteiger partial charge < -0.3 is 15.0 Å². The van der Waals surface area contributed by atoms with Crippen LogP contribution in [0.3, 0.4) is 0 Å². The third kappa shape index (κ3) is 2.60. The van der Waals surface area contributed by atoms with Crippen LogP contribution in [0.2, 0.25) is 0 Å². The minimum Gasteiger partial charge on any atom is -0.434 e. The number of likely N-dealkylation sites (tertiary alicyclic amines) is 1. The average Bonchev–Trinajstić information content (AvgIpc) is 3.02. The number of nitrogens with zero attached hydrogens (tertiary/aromatic N) is 1. The van der Waals surface area contributed by atoms with Crippen molar-refractivity contribution < 1.29 is 18.3 Å². The van der Waals surface area contributed by atoms with Crippen molar-refractivity contribution in [2.75, 3.05) is 19.6 Å². The van der Waals surface area contributed by atoms with E-state index in [2.05, 4.69) is 10.1 Å². The van der Waals surface area contributed by atoms with Crippen LogP contribution in [0.4, 0.5) is 8.78 Å². The lowest BCUT2D eigenvalue weighted by Crippen LogP contribution is -2.38.